The van der Waals surface area contributed by atoms with Crippen molar-refractivity contribution in [3.05, 3.63) is 48.2 Å². The molecule has 0 unspecified atom stereocenters. The Morgan fingerprint density at radius 1 is 1.25 bits per heavy atom. The highest BCUT2D eigenvalue weighted by Gasteiger charge is 2.00. The predicted molar refractivity (Wildman–Crippen MR) is 67.8 cm³/mol. The summed E-state index contributed by atoms with van der Waals surface area (Å²) < 4.78 is 0. The van der Waals surface area contributed by atoms with Gasteiger partial charge in [-0.2, -0.15) is 0 Å². The SMILES string of the molecule is CCc1cccc(Nc2ncccc2N)c1. The maximum absolute atomic E-state index is 5.81. The maximum Gasteiger partial charge on any atom is 0.153 e. The lowest BCUT2D eigenvalue weighted by Crippen LogP contribution is -1.98. The van der Waals surface area contributed by atoms with Crippen LogP contribution in [0.3, 0.4) is 0 Å². The van der Waals surface area contributed by atoms with Gasteiger partial charge >= 0.3 is 0 Å². The van der Waals surface area contributed by atoms with E-state index in [0.717, 1.165) is 12.1 Å². The quantitative estimate of drug-likeness (QED) is 0.824. The van der Waals surface area contributed by atoms with Gasteiger partial charge in [-0.3, -0.25) is 0 Å². The van der Waals surface area contributed by atoms with Crippen LogP contribution in [-0.2, 0) is 6.42 Å². The van der Waals surface area contributed by atoms with Crippen LogP contribution in [0.25, 0.3) is 0 Å². The van der Waals surface area contributed by atoms with Crippen LogP contribution >= 0.6 is 0 Å². The summed E-state index contributed by atoms with van der Waals surface area (Å²) >= 11 is 0. The molecule has 1 aromatic heterocycles. The second-order valence-corrected chi connectivity index (χ2v) is 3.62. The lowest BCUT2D eigenvalue weighted by Gasteiger charge is -2.08. The van der Waals surface area contributed by atoms with Crippen molar-refractivity contribution in [2.75, 3.05) is 11.1 Å². The van der Waals surface area contributed by atoms with Crippen LogP contribution in [0.1, 0.15) is 12.5 Å². The smallest absolute Gasteiger partial charge is 0.153 e. The molecule has 1 heterocycles. The number of rotatable bonds is 3. The van der Waals surface area contributed by atoms with Crippen LogP contribution in [0, 0.1) is 0 Å². The normalized spacial score (nSPS) is 10.1. The number of nitrogen functional groups attached to an aromatic ring is 1. The third-order valence-electron chi connectivity index (χ3n) is 2.44. The van der Waals surface area contributed by atoms with E-state index in [2.05, 4.69) is 29.4 Å². The Hall–Kier alpha value is -2.03. The van der Waals surface area contributed by atoms with E-state index in [1.54, 1.807) is 6.20 Å². The van der Waals surface area contributed by atoms with Crippen molar-refractivity contribution in [2.24, 2.45) is 0 Å². The van der Waals surface area contributed by atoms with Gasteiger partial charge in [-0.1, -0.05) is 19.1 Å². The molecule has 0 bridgehead atoms. The number of nitrogens with zero attached hydrogens (tertiary/aromatic N) is 1. The first-order chi connectivity index (χ1) is 7.79. The predicted octanol–water partition coefficient (Wildman–Crippen LogP) is 2.97. The molecule has 0 aliphatic rings. The molecule has 1 aromatic carbocycles. The Balaban J connectivity index is 2.24. The Morgan fingerprint density at radius 3 is 2.88 bits per heavy atom. The van der Waals surface area contributed by atoms with Crippen molar-refractivity contribution < 1.29 is 0 Å². The van der Waals surface area contributed by atoms with E-state index in [1.165, 1.54) is 5.56 Å². The molecule has 3 heteroatoms. The highest BCUT2D eigenvalue weighted by Crippen LogP contribution is 2.20. The van der Waals surface area contributed by atoms with Gasteiger partial charge in [-0.25, -0.2) is 4.98 Å². The number of pyridine rings is 1. The van der Waals surface area contributed by atoms with E-state index in [4.69, 9.17) is 5.73 Å². The third-order valence-corrected chi connectivity index (χ3v) is 2.44. The highest BCUT2D eigenvalue weighted by molar-refractivity contribution is 5.68. The number of anilines is 3. The number of aromatic nitrogens is 1. The molecule has 0 fully saturated rings. The van der Waals surface area contributed by atoms with E-state index < -0.39 is 0 Å². The minimum absolute atomic E-state index is 0.657. The van der Waals surface area contributed by atoms with Crippen LogP contribution in [0.5, 0.6) is 0 Å². The fraction of sp³-hybridized carbons (Fsp3) is 0.154. The van der Waals surface area contributed by atoms with Crippen molar-refractivity contribution in [1.82, 2.24) is 4.98 Å². The topological polar surface area (TPSA) is 50.9 Å². The van der Waals surface area contributed by atoms with Crippen molar-refractivity contribution in [1.29, 1.82) is 0 Å². The molecule has 0 aliphatic carbocycles. The molecule has 0 saturated heterocycles. The number of hydrogen-bond donors (Lipinski definition) is 2. The second-order valence-electron chi connectivity index (χ2n) is 3.62. The molecule has 0 radical (unpaired) electrons. The largest absolute Gasteiger partial charge is 0.396 e. The number of nitrogens with two attached hydrogens (primary N) is 1. The molecule has 0 saturated carbocycles. The first-order valence-corrected chi connectivity index (χ1v) is 5.36. The molecule has 2 aromatic rings. The van der Waals surface area contributed by atoms with Gasteiger partial charge in [0.15, 0.2) is 5.82 Å². The summed E-state index contributed by atoms with van der Waals surface area (Å²) in [7, 11) is 0. The standard InChI is InChI=1S/C13H15N3/c1-2-10-5-3-6-11(9-10)16-13-12(14)7-4-8-15-13/h3-9H,2,14H2,1H3,(H,15,16). The van der Waals surface area contributed by atoms with Gasteiger partial charge in [0, 0.05) is 11.9 Å². The van der Waals surface area contributed by atoms with Crippen LogP contribution < -0.4 is 11.1 Å². The molecule has 16 heavy (non-hydrogen) atoms. The minimum Gasteiger partial charge on any atom is -0.396 e. The van der Waals surface area contributed by atoms with Crippen LogP contribution in [0.15, 0.2) is 42.6 Å². The summed E-state index contributed by atoms with van der Waals surface area (Å²) in [6, 6.07) is 11.9. The molecular weight excluding hydrogens is 198 g/mol. The highest BCUT2D eigenvalue weighted by atomic mass is 15.0. The summed E-state index contributed by atoms with van der Waals surface area (Å²) in [5.41, 5.74) is 8.78. The first kappa shape index (κ1) is 10.5. The van der Waals surface area contributed by atoms with Crippen LogP contribution in [0.4, 0.5) is 17.2 Å². The van der Waals surface area contributed by atoms with E-state index in [-0.39, 0.29) is 0 Å². The number of hydrogen-bond acceptors (Lipinski definition) is 3. The lowest BCUT2D eigenvalue weighted by atomic mass is 10.1. The summed E-state index contributed by atoms with van der Waals surface area (Å²) in [6.45, 7) is 2.13. The molecule has 2 rings (SSSR count). The molecule has 0 aliphatic heterocycles. The van der Waals surface area contributed by atoms with Crippen molar-refractivity contribution >= 4 is 17.2 Å². The molecule has 0 spiro atoms. The number of aryl methyl sites for hydroxylation is 1. The van der Waals surface area contributed by atoms with Gasteiger partial charge in [0.05, 0.1) is 5.69 Å². The number of nitrogens with one attached hydrogen (secondary N) is 1. The van der Waals surface area contributed by atoms with Gasteiger partial charge in [-0.05, 0) is 36.2 Å². The van der Waals surface area contributed by atoms with Gasteiger partial charge < -0.3 is 11.1 Å². The van der Waals surface area contributed by atoms with E-state index >= 15 is 0 Å². The molecular formula is C13H15N3. The second kappa shape index (κ2) is 4.66. The molecule has 3 nitrogen and oxygen atoms in total. The van der Waals surface area contributed by atoms with Gasteiger partial charge in [-0.15, -0.1) is 0 Å². The van der Waals surface area contributed by atoms with Gasteiger partial charge in [0.1, 0.15) is 0 Å². The Morgan fingerprint density at radius 2 is 2.12 bits per heavy atom. The Labute approximate surface area is 95.3 Å². The monoisotopic (exact) mass is 213 g/mol. The minimum atomic E-state index is 0.657. The van der Waals surface area contributed by atoms with Crippen molar-refractivity contribution in [2.45, 2.75) is 13.3 Å². The van der Waals surface area contributed by atoms with Gasteiger partial charge in [0.25, 0.3) is 0 Å². The fourth-order valence-electron chi connectivity index (χ4n) is 1.53. The average Bonchev–Trinajstić information content (AvgIpc) is 2.32. The van der Waals surface area contributed by atoms with Crippen LogP contribution in [0.2, 0.25) is 0 Å². The van der Waals surface area contributed by atoms with Crippen molar-refractivity contribution in [3.8, 4) is 0 Å². The third kappa shape index (κ3) is 2.31. The number of benzene rings is 1. The maximum atomic E-state index is 5.81. The first-order valence-electron chi connectivity index (χ1n) is 5.36. The summed E-state index contributed by atoms with van der Waals surface area (Å²) in [4.78, 5) is 4.19. The molecule has 3 N–H and O–H groups in total. The zero-order chi connectivity index (χ0) is 11.4. The average molecular weight is 213 g/mol. The van der Waals surface area contributed by atoms with Crippen molar-refractivity contribution in [3.63, 3.8) is 0 Å². The van der Waals surface area contributed by atoms with Crippen LogP contribution in [-0.4, -0.2) is 4.98 Å². The van der Waals surface area contributed by atoms with Gasteiger partial charge in [0.2, 0.25) is 0 Å². The molecule has 0 amide bonds. The Kier molecular flexibility index (Phi) is 3.05. The summed E-state index contributed by atoms with van der Waals surface area (Å²) in [5.74, 6) is 0.704. The molecule has 82 valence electrons. The molecule has 0 atom stereocenters. The fourth-order valence-corrected chi connectivity index (χ4v) is 1.53. The zero-order valence-electron chi connectivity index (χ0n) is 9.27. The zero-order valence-corrected chi connectivity index (χ0v) is 9.27. The van der Waals surface area contributed by atoms with E-state index in [1.807, 2.05) is 24.3 Å². The lowest BCUT2D eigenvalue weighted by molar-refractivity contribution is 1.14. The summed E-state index contributed by atoms with van der Waals surface area (Å²) in [5, 5.41) is 3.21. The van der Waals surface area contributed by atoms with E-state index in [9.17, 15) is 0 Å². The van der Waals surface area contributed by atoms with E-state index in [0.29, 0.717) is 11.5 Å². The Bertz CT molecular complexity index is 480. The summed E-state index contributed by atoms with van der Waals surface area (Å²) in [6.07, 6.45) is 2.75.